The third-order valence-corrected chi connectivity index (χ3v) is 6.53. The molecule has 1 aliphatic heterocycles. The van der Waals surface area contributed by atoms with Gasteiger partial charge in [-0.2, -0.15) is 0 Å². The first-order valence-electron chi connectivity index (χ1n) is 11.1. The van der Waals surface area contributed by atoms with Crippen LogP contribution in [0.2, 0.25) is 0 Å². The number of carbonyl (C=O) groups excluding carboxylic acids is 2. The highest BCUT2D eigenvalue weighted by molar-refractivity contribution is 5.94. The first-order valence-corrected chi connectivity index (χ1v) is 11.1. The van der Waals surface area contributed by atoms with E-state index in [9.17, 15) is 14.0 Å². The second-order valence-electron chi connectivity index (χ2n) is 8.60. The van der Waals surface area contributed by atoms with Gasteiger partial charge in [0.15, 0.2) is 0 Å². The van der Waals surface area contributed by atoms with Gasteiger partial charge >= 0.3 is 0 Å². The molecule has 2 heterocycles. The van der Waals surface area contributed by atoms with E-state index < -0.39 is 0 Å². The summed E-state index contributed by atoms with van der Waals surface area (Å²) in [6.07, 6.45) is 6.09. The molecule has 0 N–H and O–H groups in total. The number of hydrogen-bond acceptors (Lipinski definition) is 4. The summed E-state index contributed by atoms with van der Waals surface area (Å²) in [7, 11) is 1.83. The van der Waals surface area contributed by atoms with Crippen LogP contribution in [0.15, 0.2) is 47.1 Å². The van der Waals surface area contributed by atoms with Crippen molar-refractivity contribution in [3.05, 3.63) is 59.8 Å². The molecule has 0 spiro atoms. The molecule has 0 bridgehead atoms. The van der Waals surface area contributed by atoms with Gasteiger partial charge in [0.25, 0.3) is 5.91 Å². The van der Waals surface area contributed by atoms with E-state index in [0.717, 1.165) is 18.6 Å². The standard InChI is InChI=1S/C24H30FN3O3/c1-26(17-21-7-4-16-31-21)24(30)22(18-5-2-3-6-18)27-12-14-28(15-13-27)23(29)19-8-10-20(25)11-9-19/h4,7-11,16,18,22H,2-3,5-6,12-15,17H2,1H3. The van der Waals surface area contributed by atoms with Gasteiger partial charge in [-0.1, -0.05) is 12.8 Å². The Labute approximate surface area is 182 Å². The van der Waals surface area contributed by atoms with Crippen molar-refractivity contribution in [3.63, 3.8) is 0 Å². The first-order chi connectivity index (χ1) is 15.0. The SMILES string of the molecule is CN(Cc1ccco1)C(=O)C(C1CCCC1)N1CCN(C(=O)c2ccc(F)cc2)CC1. The van der Waals surface area contributed by atoms with E-state index in [4.69, 9.17) is 4.42 Å². The molecule has 1 saturated carbocycles. The molecule has 1 aromatic carbocycles. The van der Waals surface area contributed by atoms with Gasteiger partial charge in [0.2, 0.25) is 5.91 Å². The van der Waals surface area contributed by atoms with E-state index in [1.54, 1.807) is 16.1 Å². The van der Waals surface area contributed by atoms with Crippen LogP contribution in [0.25, 0.3) is 0 Å². The van der Waals surface area contributed by atoms with Crippen LogP contribution in [0.4, 0.5) is 4.39 Å². The molecule has 2 amide bonds. The second-order valence-corrected chi connectivity index (χ2v) is 8.60. The predicted octanol–water partition coefficient (Wildman–Crippen LogP) is 3.39. The van der Waals surface area contributed by atoms with Gasteiger partial charge in [-0.25, -0.2) is 4.39 Å². The molecule has 0 radical (unpaired) electrons. The van der Waals surface area contributed by atoms with Gasteiger partial charge in [0, 0.05) is 38.8 Å². The van der Waals surface area contributed by atoms with E-state index in [-0.39, 0.29) is 23.7 Å². The zero-order chi connectivity index (χ0) is 21.8. The third-order valence-electron chi connectivity index (χ3n) is 6.53. The third kappa shape index (κ3) is 4.98. The monoisotopic (exact) mass is 427 g/mol. The molecule has 1 aromatic heterocycles. The molecule has 2 aromatic rings. The lowest BCUT2D eigenvalue weighted by Crippen LogP contribution is -2.58. The van der Waals surface area contributed by atoms with E-state index in [2.05, 4.69) is 4.90 Å². The van der Waals surface area contributed by atoms with Crippen LogP contribution in [0, 0.1) is 11.7 Å². The molecule has 1 atom stereocenters. The Kier molecular flexibility index (Phi) is 6.70. The first kappa shape index (κ1) is 21.6. The Hall–Kier alpha value is -2.67. The van der Waals surface area contributed by atoms with E-state index in [1.807, 2.05) is 19.2 Å². The lowest BCUT2D eigenvalue weighted by molar-refractivity contribution is -0.139. The topological polar surface area (TPSA) is 57.0 Å². The molecule has 2 aliphatic rings. The number of amides is 2. The fraction of sp³-hybridized carbons (Fsp3) is 0.500. The summed E-state index contributed by atoms with van der Waals surface area (Å²) < 4.78 is 18.6. The van der Waals surface area contributed by atoms with Gasteiger partial charge < -0.3 is 14.2 Å². The molecule has 7 heteroatoms. The maximum Gasteiger partial charge on any atom is 0.253 e. The molecule has 6 nitrogen and oxygen atoms in total. The Bertz CT molecular complexity index is 870. The number of likely N-dealkylation sites (N-methyl/N-ethyl adjacent to an activating group) is 1. The van der Waals surface area contributed by atoms with Crippen molar-refractivity contribution >= 4 is 11.8 Å². The quantitative estimate of drug-likeness (QED) is 0.709. The molecule has 31 heavy (non-hydrogen) atoms. The van der Waals surface area contributed by atoms with Crippen molar-refractivity contribution < 1.29 is 18.4 Å². The average molecular weight is 428 g/mol. The number of carbonyl (C=O) groups is 2. The lowest BCUT2D eigenvalue weighted by atomic mass is 9.94. The zero-order valence-electron chi connectivity index (χ0n) is 18.0. The maximum atomic E-state index is 13.5. The number of halogens is 1. The molecule has 1 aliphatic carbocycles. The summed E-state index contributed by atoms with van der Waals surface area (Å²) in [5.74, 6) is 0.819. The van der Waals surface area contributed by atoms with Crippen molar-refractivity contribution in [2.24, 2.45) is 5.92 Å². The molecule has 2 fully saturated rings. The van der Waals surface area contributed by atoms with Crippen molar-refractivity contribution in [1.29, 1.82) is 0 Å². The summed E-state index contributed by atoms with van der Waals surface area (Å²) in [4.78, 5) is 32.0. The molecular formula is C24H30FN3O3. The molecule has 4 rings (SSSR count). The Morgan fingerprint density at radius 3 is 2.39 bits per heavy atom. The highest BCUT2D eigenvalue weighted by Gasteiger charge is 2.38. The van der Waals surface area contributed by atoms with Crippen molar-refractivity contribution in [2.75, 3.05) is 33.2 Å². The fourth-order valence-electron chi connectivity index (χ4n) is 4.85. The van der Waals surface area contributed by atoms with Crippen LogP contribution in [0.1, 0.15) is 41.8 Å². The van der Waals surface area contributed by atoms with Crippen LogP contribution in [0.3, 0.4) is 0 Å². The summed E-state index contributed by atoms with van der Waals surface area (Å²) >= 11 is 0. The number of piperazine rings is 1. The van der Waals surface area contributed by atoms with Crippen molar-refractivity contribution in [1.82, 2.24) is 14.7 Å². The summed E-state index contributed by atoms with van der Waals surface area (Å²) in [6, 6.07) is 9.23. The number of hydrogen-bond donors (Lipinski definition) is 0. The predicted molar refractivity (Wildman–Crippen MR) is 115 cm³/mol. The summed E-state index contributed by atoms with van der Waals surface area (Å²) in [5, 5.41) is 0. The normalized spacial score (nSPS) is 18.8. The largest absolute Gasteiger partial charge is 0.467 e. The highest BCUT2D eigenvalue weighted by atomic mass is 19.1. The zero-order valence-corrected chi connectivity index (χ0v) is 18.0. The molecule has 1 saturated heterocycles. The number of furan rings is 1. The van der Waals surface area contributed by atoms with Crippen LogP contribution >= 0.6 is 0 Å². The van der Waals surface area contributed by atoms with E-state index in [0.29, 0.717) is 44.2 Å². The van der Waals surface area contributed by atoms with Gasteiger partial charge in [-0.05, 0) is 55.2 Å². The average Bonchev–Trinajstić information content (AvgIpc) is 3.49. The van der Waals surface area contributed by atoms with Gasteiger partial charge in [0.05, 0.1) is 18.8 Å². The van der Waals surface area contributed by atoms with E-state index in [1.165, 1.54) is 37.1 Å². The Morgan fingerprint density at radius 1 is 1.10 bits per heavy atom. The van der Waals surface area contributed by atoms with Crippen LogP contribution in [0.5, 0.6) is 0 Å². The van der Waals surface area contributed by atoms with Crippen LogP contribution in [-0.2, 0) is 11.3 Å². The highest BCUT2D eigenvalue weighted by Crippen LogP contribution is 2.32. The van der Waals surface area contributed by atoms with Gasteiger partial charge in [-0.3, -0.25) is 14.5 Å². The number of benzene rings is 1. The van der Waals surface area contributed by atoms with Crippen molar-refractivity contribution in [3.8, 4) is 0 Å². The Balaban J connectivity index is 1.41. The summed E-state index contributed by atoms with van der Waals surface area (Å²) in [6.45, 7) is 2.91. The van der Waals surface area contributed by atoms with E-state index >= 15 is 0 Å². The lowest BCUT2D eigenvalue weighted by Gasteiger charge is -2.42. The van der Waals surface area contributed by atoms with Crippen LogP contribution in [-0.4, -0.2) is 65.8 Å². The maximum absolute atomic E-state index is 13.5. The number of rotatable bonds is 6. The second kappa shape index (κ2) is 9.64. The minimum Gasteiger partial charge on any atom is -0.467 e. The smallest absolute Gasteiger partial charge is 0.253 e. The van der Waals surface area contributed by atoms with Crippen LogP contribution < -0.4 is 0 Å². The van der Waals surface area contributed by atoms with Crippen molar-refractivity contribution in [2.45, 2.75) is 38.3 Å². The van der Waals surface area contributed by atoms with Gasteiger partial charge in [-0.15, -0.1) is 0 Å². The van der Waals surface area contributed by atoms with Gasteiger partial charge in [0.1, 0.15) is 11.6 Å². The Morgan fingerprint density at radius 2 is 1.77 bits per heavy atom. The molecule has 166 valence electrons. The minimum absolute atomic E-state index is 0.0849. The molecular weight excluding hydrogens is 397 g/mol. The molecule has 1 unspecified atom stereocenters. The minimum atomic E-state index is -0.349. The summed E-state index contributed by atoms with van der Waals surface area (Å²) in [5.41, 5.74) is 0.497. The number of nitrogens with zero attached hydrogens (tertiary/aromatic N) is 3. The fourth-order valence-corrected chi connectivity index (χ4v) is 4.85.